The fourth-order valence-electron chi connectivity index (χ4n) is 1.91. The molecule has 1 aromatic heterocycles. The first kappa shape index (κ1) is 12.5. The zero-order chi connectivity index (χ0) is 13.1. The van der Waals surface area contributed by atoms with Crippen molar-refractivity contribution >= 4 is 39.0 Å². The number of benzene rings is 2. The van der Waals surface area contributed by atoms with Crippen molar-refractivity contribution in [2.45, 2.75) is 11.4 Å². The number of thiazole rings is 1. The lowest BCUT2D eigenvalue weighted by atomic mass is 10.2. The number of nitrogens with one attached hydrogen (secondary N) is 1. The first-order valence-corrected chi connectivity index (χ1v) is 8.15. The van der Waals surface area contributed by atoms with Crippen molar-refractivity contribution in [3.05, 3.63) is 53.5 Å². The molecule has 0 unspecified atom stereocenters. The third kappa shape index (κ3) is 2.91. The second-order valence-corrected chi connectivity index (χ2v) is 6.00. The van der Waals surface area contributed by atoms with E-state index in [1.165, 1.54) is 15.2 Å². The van der Waals surface area contributed by atoms with Gasteiger partial charge in [-0.15, -0.1) is 23.1 Å². The molecular weight excluding hydrogens is 272 g/mol. The minimum Gasteiger partial charge on any atom is -0.381 e. The Kier molecular flexibility index (Phi) is 3.71. The van der Waals surface area contributed by atoms with E-state index in [1.807, 2.05) is 5.51 Å². The maximum atomic E-state index is 4.29. The Balaban J connectivity index is 1.70. The fourth-order valence-corrected chi connectivity index (χ4v) is 3.04. The van der Waals surface area contributed by atoms with Crippen LogP contribution in [0.5, 0.6) is 0 Å². The lowest BCUT2D eigenvalue weighted by Gasteiger charge is -2.07. The molecule has 0 aliphatic carbocycles. The highest BCUT2D eigenvalue weighted by molar-refractivity contribution is 7.98. The van der Waals surface area contributed by atoms with E-state index in [9.17, 15) is 0 Å². The average molecular weight is 286 g/mol. The van der Waals surface area contributed by atoms with E-state index in [1.54, 1.807) is 23.1 Å². The number of hydrogen-bond acceptors (Lipinski definition) is 4. The summed E-state index contributed by atoms with van der Waals surface area (Å²) >= 11 is 3.44. The smallest absolute Gasteiger partial charge is 0.0813 e. The van der Waals surface area contributed by atoms with Gasteiger partial charge < -0.3 is 5.32 Å². The summed E-state index contributed by atoms with van der Waals surface area (Å²) in [5.74, 6) is 0. The number of hydrogen-bond donors (Lipinski definition) is 1. The molecule has 0 atom stereocenters. The monoisotopic (exact) mass is 286 g/mol. The Bertz CT molecular complexity index is 674. The minimum atomic E-state index is 0.846. The second-order valence-electron chi connectivity index (χ2n) is 4.24. The molecule has 0 amide bonds. The number of nitrogens with zero attached hydrogens (tertiary/aromatic N) is 1. The summed E-state index contributed by atoms with van der Waals surface area (Å²) < 4.78 is 1.22. The SMILES string of the molecule is CSc1ccc(CNc2ccc3ncsc3c2)cc1. The third-order valence-electron chi connectivity index (χ3n) is 2.99. The Morgan fingerprint density at radius 3 is 2.79 bits per heavy atom. The molecule has 0 aliphatic heterocycles. The van der Waals surface area contributed by atoms with Crippen molar-refractivity contribution in [3.63, 3.8) is 0 Å². The van der Waals surface area contributed by atoms with Gasteiger partial charge in [-0.2, -0.15) is 0 Å². The molecular formula is C15H14N2S2. The summed E-state index contributed by atoms with van der Waals surface area (Å²) in [7, 11) is 0. The van der Waals surface area contributed by atoms with Gasteiger partial charge in [0.1, 0.15) is 0 Å². The van der Waals surface area contributed by atoms with E-state index < -0.39 is 0 Å². The summed E-state index contributed by atoms with van der Waals surface area (Å²) in [4.78, 5) is 5.59. The second kappa shape index (κ2) is 5.63. The number of aromatic nitrogens is 1. The standard InChI is InChI=1S/C15H14N2S2/c1-18-13-5-2-11(3-6-13)9-16-12-4-7-14-15(8-12)19-10-17-14/h2-8,10,16H,9H2,1H3. The van der Waals surface area contributed by atoms with Gasteiger partial charge in [0.15, 0.2) is 0 Å². The number of thioether (sulfide) groups is 1. The van der Waals surface area contributed by atoms with Gasteiger partial charge in [0.05, 0.1) is 15.7 Å². The molecule has 0 saturated heterocycles. The third-order valence-corrected chi connectivity index (χ3v) is 4.52. The Labute approximate surface area is 120 Å². The van der Waals surface area contributed by atoms with Gasteiger partial charge in [-0.3, -0.25) is 0 Å². The van der Waals surface area contributed by atoms with Crippen LogP contribution in [0.25, 0.3) is 10.2 Å². The molecule has 0 fully saturated rings. The van der Waals surface area contributed by atoms with Crippen LogP contribution in [0.3, 0.4) is 0 Å². The zero-order valence-corrected chi connectivity index (χ0v) is 12.2. The summed E-state index contributed by atoms with van der Waals surface area (Å²) in [6.07, 6.45) is 2.09. The van der Waals surface area contributed by atoms with Crippen LogP contribution in [0, 0.1) is 0 Å². The van der Waals surface area contributed by atoms with Crippen LogP contribution >= 0.6 is 23.1 Å². The highest BCUT2D eigenvalue weighted by atomic mass is 32.2. The quantitative estimate of drug-likeness (QED) is 0.708. The number of anilines is 1. The fraction of sp³-hybridized carbons (Fsp3) is 0.133. The van der Waals surface area contributed by atoms with Crippen LogP contribution in [0.4, 0.5) is 5.69 Å². The highest BCUT2D eigenvalue weighted by Crippen LogP contribution is 2.22. The first-order valence-electron chi connectivity index (χ1n) is 6.05. The molecule has 96 valence electrons. The molecule has 4 heteroatoms. The molecule has 0 aliphatic rings. The molecule has 1 N–H and O–H groups in total. The lowest BCUT2D eigenvalue weighted by molar-refractivity contribution is 1.14. The molecule has 2 aromatic carbocycles. The predicted octanol–water partition coefficient (Wildman–Crippen LogP) is 4.63. The lowest BCUT2D eigenvalue weighted by Crippen LogP contribution is -1.98. The normalized spacial score (nSPS) is 10.8. The van der Waals surface area contributed by atoms with E-state index in [0.717, 1.165) is 17.7 Å². The summed E-state index contributed by atoms with van der Waals surface area (Å²) in [5.41, 5.74) is 5.39. The maximum absolute atomic E-state index is 4.29. The number of rotatable bonds is 4. The maximum Gasteiger partial charge on any atom is 0.0813 e. The highest BCUT2D eigenvalue weighted by Gasteiger charge is 1.99. The Hall–Kier alpha value is -1.52. The molecule has 0 bridgehead atoms. The van der Waals surface area contributed by atoms with E-state index in [0.29, 0.717) is 0 Å². The molecule has 0 spiro atoms. The van der Waals surface area contributed by atoms with Crippen molar-refractivity contribution in [2.24, 2.45) is 0 Å². The van der Waals surface area contributed by atoms with Crippen molar-refractivity contribution < 1.29 is 0 Å². The first-order chi connectivity index (χ1) is 9.35. The molecule has 0 saturated carbocycles. The van der Waals surface area contributed by atoms with E-state index >= 15 is 0 Å². The van der Waals surface area contributed by atoms with Crippen molar-refractivity contribution in [1.82, 2.24) is 4.98 Å². The van der Waals surface area contributed by atoms with Gasteiger partial charge in [-0.1, -0.05) is 12.1 Å². The molecule has 2 nitrogen and oxygen atoms in total. The van der Waals surface area contributed by atoms with Gasteiger partial charge in [0, 0.05) is 17.1 Å². The van der Waals surface area contributed by atoms with Gasteiger partial charge in [0.2, 0.25) is 0 Å². The van der Waals surface area contributed by atoms with Crippen LogP contribution in [0.1, 0.15) is 5.56 Å². The molecule has 0 radical (unpaired) electrons. The summed E-state index contributed by atoms with van der Waals surface area (Å²) in [5, 5.41) is 3.45. The van der Waals surface area contributed by atoms with E-state index in [4.69, 9.17) is 0 Å². The molecule has 3 rings (SSSR count). The summed E-state index contributed by atoms with van der Waals surface area (Å²) in [6.45, 7) is 0.846. The van der Waals surface area contributed by atoms with Crippen LogP contribution in [-0.2, 0) is 6.54 Å². The van der Waals surface area contributed by atoms with Crippen molar-refractivity contribution in [3.8, 4) is 0 Å². The molecule has 3 aromatic rings. The Morgan fingerprint density at radius 2 is 2.00 bits per heavy atom. The van der Waals surface area contributed by atoms with Gasteiger partial charge in [-0.05, 0) is 42.2 Å². The average Bonchev–Trinajstić information content (AvgIpc) is 2.93. The summed E-state index contributed by atoms with van der Waals surface area (Å²) in [6, 6.07) is 15.0. The van der Waals surface area contributed by atoms with Gasteiger partial charge >= 0.3 is 0 Å². The van der Waals surface area contributed by atoms with E-state index in [2.05, 4.69) is 59.0 Å². The predicted molar refractivity (Wildman–Crippen MR) is 85.2 cm³/mol. The molecule has 1 heterocycles. The molecule has 19 heavy (non-hydrogen) atoms. The van der Waals surface area contributed by atoms with Crippen LogP contribution in [0.15, 0.2) is 52.9 Å². The van der Waals surface area contributed by atoms with E-state index in [-0.39, 0.29) is 0 Å². The van der Waals surface area contributed by atoms with Gasteiger partial charge in [0.25, 0.3) is 0 Å². The number of fused-ring (bicyclic) bond motifs is 1. The van der Waals surface area contributed by atoms with Crippen molar-refractivity contribution in [1.29, 1.82) is 0 Å². The zero-order valence-electron chi connectivity index (χ0n) is 10.6. The topological polar surface area (TPSA) is 24.9 Å². The van der Waals surface area contributed by atoms with Crippen LogP contribution < -0.4 is 5.32 Å². The van der Waals surface area contributed by atoms with Crippen molar-refractivity contribution in [2.75, 3.05) is 11.6 Å². The van der Waals surface area contributed by atoms with Gasteiger partial charge in [-0.25, -0.2) is 4.98 Å². The Morgan fingerprint density at radius 1 is 1.16 bits per heavy atom. The van der Waals surface area contributed by atoms with Crippen LogP contribution in [-0.4, -0.2) is 11.2 Å². The van der Waals surface area contributed by atoms with Crippen LogP contribution in [0.2, 0.25) is 0 Å². The minimum absolute atomic E-state index is 0.846. The largest absolute Gasteiger partial charge is 0.381 e.